The quantitative estimate of drug-likeness (QED) is 0.113. The van der Waals surface area contributed by atoms with Gasteiger partial charge in [-0.25, -0.2) is 0 Å². The molecule has 448 valence electrons. The number of halogens is 25. The summed E-state index contributed by atoms with van der Waals surface area (Å²) in [5.41, 5.74) is -16.6. The molecule has 8 fully saturated rings. The van der Waals surface area contributed by atoms with E-state index in [1.807, 2.05) is 12.2 Å². The number of alkyl halides is 25. The molecular weight excluding hydrogens is 1140 g/mol. The first kappa shape index (κ1) is 64.0. The Balaban J connectivity index is 0.000000163. The first-order chi connectivity index (χ1) is 34.9. The zero-order chi connectivity index (χ0) is 58.3. The van der Waals surface area contributed by atoms with E-state index in [0.717, 1.165) is 7.11 Å². The van der Waals surface area contributed by atoms with E-state index in [9.17, 15) is 105 Å². The molecule has 2 aliphatic heterocycles. The fourth-order valence-corrected chi connectivity index (χ4v) is 13.9. The maximum atomic E-state index is 13.2. The van der Waals surface area contributed by atoms with Crippen LogP contribution in [0.2, 0.25) is 0 Å². The van der Waals surface area contributed by atoms with Crippen LogP contribution in [0.3, 0.4) is 0 Å². The number of ether oxygens (including phenoxy) is 5. The van der Waals surface area contributed by atoms with Gasteiger partial charge < -0.3 is 28.8 Å². The summed E-state index contributed by atoms with van der Waals surface area (Å²) in [6.07, 6.45) is -36.0. The average Bonchev–Trinajstić information content (AvgIpc) is 4.11. The lowest BCUT2D eigenvalue weighted by Gasteiger charge is -2.56. The van der Waals surface area contributed by atoms with Crippen LogP contribution in [0.25, 0.3) is 0 Å². The molecule has 14 unspecified atom stereocenters. The van der Waals surface area contributed by atoms with Crippen LogP contribution in [0.1, 0.15) is 77.0 Å². The zero-order valence-corrected chi connectivity index (χ0v) is 41.0. The van der Waals surface area contributed by atoms with Gasteiger partial charge in [-0.3, -0.25) is 0 Å². The fraction of sp³-hybridized carbons (Fsp3) is 0.913. The molecule has 8 bridgehead atoms. The molecule has 10 rings (SSSR count). The standard InChI is InChI=1S/C13H16F6O2.C11H12F6O.2C10H10F6O.C2H5ClO/c1-20-7-21-11(12(14,15)16,13(17,18)19)6-10-5-8-2-3-9(10)4-8;12-10(13,14)9(18,11(15,16)17)5-8-4-6-1-2-7(8)3-6;2*11-9(12,13)8(10(14,15)16)6-4-1-2-5(3-4)7(6)17-8;1-4-2-3/h2-3,8-10H,4-7H2,1H3;1-2,6-8,18H,3-5H2;2*4-7H,1-3H2;2H2,1H3. The van der Waals surface area contributed by atoms with Crippen molar-refractivity contribution in [3.8, 4) is 0 Å². The van der Waals surface area contributed by atoms with Crippen LogP contribution in [0.4, 0.5) is 105 Å². The van der Waals surface area contributed by atoms with Crippen LogP contribution in [0.5, 0.6) is 0 Å². The third-order valence-electron chi connectivity index (χ3n) is 17.3. The van der Waals surface area contributed by atoms with Crippen molar-refractivity contribution in [2.45, 2.75) is 161 Å². The highest BCUT2D eigenvalue weighted by Crippen LogP contribution is 2.71. The molecule has 14 atom stereocenters. The van der Waals surface area contributed by atoms with E-state index < -0.39 is 139 Å². The van der Waals surface area contributed by atoms with Crippen molar-refractivity contribution in [3.63, 3.8) is 0 Å². The third kappa shape index (κ3) is 11.3. The smallest absolute Gasteiger partial charge is 0.374 e. The number of rotatable bonds is 8. The topological polar surface area (TPSA) is 66.4 Å². The molecule has 8 aliphatic carbocycles. The maximum absolute atomic E-state index is 13.2. The van der Waals surface area contributed by atoms with E-state index in [4.69, 9.17) is 16.7 Å². The number of hydrogen-bond acceptors (Lipinski definition) is 6. The van der Waals surface area contributed by atoms with Gasteiger partial charge in [0.15, 0.2) is 0 Å². The van der Waals surface area contributed by atoms with E-state index in [1.165, 1.54) is 0 Å². The van der Waals surface area contributed by atoms with Gasteiger partial charge in [0.05, 0.1) is 12.2 Å². The minimum Gasteiger partial charge on any atom is -0.374 e. The first-order valence-electron chi connectivity index (χ1n) is 24.1. The van der Waals surface area contributed by atoms with Crippen molar-refractivity contribution in [1.82, 2.24) is 0 Å². The lowest BCUT2D eigenvalue weighted by atomic mass is 9.68. The molecule has 0 spiro atoms. The van der Waals surface area contributed by atoms with E-state index >= 15 is 0 Å². The predicted octanol–water partition coefficient (Wildman–Crippen LogP) is 14.9. The van der Waals surface area contributed by atoms with Gasteiger partial charge in [-0.1, -0.05) is 35.9 Å². The molecule has 0 aromatic carbocycles. The third-order valence-corrected chi connectivity index (χ3v) is 17.5. The number of fused-ring (bicyclic) bond motifs is 14. The molecule has 0 radical (unpaired) electrons. The normalized spacial score (nSPS) is 35.1. The molecule has 2 heterocycles. The van der Waals surface area contributed by atoms with Gasteiger partial charge in [0.25, 0.3) is 22.4 Å². The highest BCUT2D eigenvalue weighted by atomic mass is 35.5. The predicted molar refractivity (Wildman–Crippen MR) is 218 cm³/mol. The second kappa shape index (κ2) is 21.6. The largest absolute Gasteiger partial charge is 0.426 e. The SMILES string of the molecule is COCCl.COCOC(CC1CC2C=CC1C2)(C(F)(F)F)C(F)(F)F.FC(F)(F)C1(C(F)(F)F)OC2C3CCC(C3)C21.FC(F)(F)C1(C(F)(F)F)OC2C3CCC(C3)C21.OC(CC1CC2C=CC1C2)(C(F)(F)F)C(F)(F)F. The monoisotopic (exact) mass is 1190 g/mol. The maximum Gasteiger partial charge on any atom is 0.426 e. The van der Waals surface area contributed by atoms with Gasteiger partial charge in [-0.15, -0.1) is 0 Å². The average molecular weight is 1190 g/mol. The molecule has 77 heavy (non-hydrogen) atoms. The Morgan fingerprint density at radius 3 is 1.05 bits per heavy atom. The van der Waals surface area contributed by atoms with E-state index in [0.29, 0.717) is 63.9 Å². The highest BCUT2D eigenvalue weighted by Gasteiger charge is 2.87. The Bertz CT molecular complexity index is 1930. The Morgan fingerprint density at radius 2 is 0.805 bits per heavy atom. The molecule has 1 N–H and O–H groups in total. The van der Waals surface area contributed by atoms with Crippen LogP contribution in [0, 0.1) is 71.0 Å². The number of hydrogen-bond donors (Lipinski definition) is 1. The molecule has 0 aromatic heterocycles. The summed E-state index contributed by atoms with van der Waals surface area (Å²) in [5.74, 6) is -5.81. The first-order valence-corrected chi connectivity index (χ1v) is 24.6. The summed E-state index contributed by atoms with van der Waals surface area (Å²) >= 11 is 4.96. The van der Waals surface area contributed by atoms with Crippen molar-refractivity contribution in [3.05, 3.63) is 24.3 Å². The second-order valence-corrected chi connectivity index (χ2v) is 21.7. The molecule has 2 saturated heterocycles. The van der Waals surface area contributed by atoms with Gasteiger partial charge >= 0.3 is 49.4 Å². The van der Waals surface area contributed by atoms with Crippen LogP contribution in [-0.2, 0) is 23.7 Å². The van der Waals surface area contributed by atoms with E-state index in [-0.39, 0.29) is 41.9 Å². The molecule has 10 aliphatic rings. The molecule has 0 amide bonds. The van der Waals surface area contributed by atoms with Gasteiger partial charge in [0.2, 0.25) is 0 Å². The van der Waals surface area contributed by atoms with E-state index in [2.05, 4.69) is 23.7 Å². The Morgan fingerprint density at radius 1 is 0.468 bits per heavy atom. The molecule has 31 heteroatoms. The van der Waals surface area contributed by atoms with Crippen molar-refractivity contribution >= 4 is 11.6 Å². The second-order valence-electron chi connectivity index (χ2n) is 21.5. The fourth-order valence-electron chi connectivity index (χ4n) is 13.9. The van der Waals surface area contributed by atoms with Crippen LogP contribution >= 0.6 is 11.6 Å². The van der Waals surface area contributed by atoms with Crippen molar-refractivity contribution < 1.29 is 134 Å². The lowest BCUT2D eigenvalue weighted by Crippen LogP contribution is -2.75. The van der Waals surface area contributed by atoms with Crippen LogP contribution in [0.15, 0.2) is 24.3 Å². The molecule has 6 nitrogen and oxygen atoms in total. The zero-order valence-electron chi connectivity index (χ0n) is 40.2. The van der Waals surface area contributed by atoms with Gasteiger partial charge in [0.1, 0.15) is 12.9 Å². The van der Waals surface area contributed by atoms with Crippen molar-refractivity contribution in [2.75, 3.05) is 27.1 Å². The summed E-state index contributed by atoms with van der Waals surface area (Å²) in [5, 5.41) is 9.10. The van der Waals surface area contributed by atoms with Gasteiger partial charge in [-0.05, 0) is 136 Å². The van der Waals surface area contributed by atoms with Crippen LogP contribution in [-0.4, -0.2) is 116 Å². The minimum atomic E-state index is -5.70. The summed E-state index contributed by atoms with van der Waals surface area (Å²) in [6.45, 7) is -1.06. The summed E-state index contributed by atoms with van der Waals surface area (Å²) in [7, 11) is 2.53. The minimum absolute atomic E-state index is 0.0608. The summed E-state index contributed by atoms with van der Waals surface area (Å²) < 4.78 is 329. The van der Waals surface area contributed by atoms with E-state index in [1.54, 1.807) is 19.3 Å². The summed E-state index contributed by atoms with van der Waals surface area (Å²) in [4.78, 5) is 0. The van der Waals surface area contributed by atoms with Crippen molar-refractivity contribution in [2.24, 2.45) is 71.0 Å². The summed E-state index contributed by atoms with van der Waals surface area (Å²) in [6, 6.07) is 0.292. The highest BCUT2D eigenvalue weighted by molar-refractivity contribution is 6.17. The molecular formula is C46H53ClF24O6. The molecule has 6 saturated carbocycles. The number of methoxy groups -OCH3 is 2. The Labute approximate surface area is 428 Å². The van der Waals surface area contributed by atoms with Gasteiger partial charge in [0, 0.05) is 26.1 Å². The van der Waals surface area contributed by atoms with Crippen LogP contribution < -0.4 is 0 Å². The molecule has 0 aromatic rings. The number of aliphatic hydroxyl groups is 1. The Hall–Kier alpha value is -2.15. The lowest BCUT2D eigenvalue weighted by molar-refractivity contribution is -0.471. The van der Waals surface area contributed by atoms with Gasteiger partial charge in [-0.2, -0.15) is 105 Å². The Kier molecular flexibility index (Phi) is 17.9. The van der Waals surface area contributed by atoms with Crippen molar-refractivity contribution in [1.29, 1.82) is 0 Å². The number of allylic oxidation sites excluding steroid dienone is 4.